The molecule has 1 N–H and O–H groups in total. The van der Waals surface area contributed by atoms with Crippen LogP contribution in [0.2, 0.25) is 0 Å². The minimum absolute atomic E-state index is 0.0740. The van der Waals surface area contributed by atoms with Gasteiger partial charge in [0.05, 0.1) is 59.1 Å². The summed E-state index contributed by atoms with van der Waals surface area (Å²) in [6.07, 6.45) is 6.67. The SMILES string of the molecule is Cc1c(N2CCN(C(=O)c3cccnc3)CC2)nc2cc(F)cc(F)c2c1Nc1cncc(N2CCOCC2)c1. The molecule has 5 heterocycles. The van der Waals surface area contributed by atoms with Gasteiger partial charge in [0.25, 0.3) is 5.91 Å². The molecule has 1 aromatic carbocycles. The van der Waals surface area contributed by atoms with Crippen LogP contribution >= 0.6 is 0 Å². The van der Waals surface area contributed by atoms with Gasteiger partial charge in [-0.05, 0) is 25.1 Å². The van der Waals surface area contributed by atoms with Crippen molar-refractivity contribution in [1.29, 1.82) is 0 Å². The van der Waals surface area contributed by atoms with E-state index in [1.165, 1.54) is 6.07 Å². The maximum Gasteiger partial charge on any atom is 0.255 e. The number of nitrogens with zero attached hydrogens (tertiary/aromatic N) is 6. The highest BCUT2D eigenvalue weighted by atomic mass is 19.1. The van der Waals surface area contributed by atoms with Gasteiger partial charge < -0.3 is 24.8 Å². The normalized spacial score (nSPS) is 15.9. The van der Waals surface area contributed by atoms with Crippen molar-refractivity contribution < 1.29 is 18.3 Å². The van der Waals surface area contributed by atoms with E-state index in [9.17, 15) is 9.18 Å². The second-order valence-corrected chi connectivity index (χ2v) is 9.89. The first-order valence-corrected chi connectivity index (χ1v) is 13.3. The summed E-state index contributed by atoms with van der Waals surface area (Å²) < 4.78 is 35.0. The number of anilines is 4. The lowest BCUT2D eigenvalue weighted by Crippen LogP contribution is -2.49. The van der Waals surface area contributed by atoms with Crippen LogP contribution in [0.5, 0.6) is 0 Å². The molecule has 2 aliphatic rings. The number of pyridine rings is 3. The molecule has 0 bridgehead atoms. The predicted octanol–water partition coefficient (Wildman–Crippen LogP) is 4.15. The molecule has 0 radical (unpaired) electrons. The molecule has 0 aliphatic carbocycles. The van der Waals surface area contributed by atoms with Crippen LogP contribution in [0, 0.1) is 18.6 Å². The molecule has 0 unspecified atom stereocenters. The summed E-state index contributed by atoms with van der Waals surface area (Å²) in [5.74, 6) is -0.842. The fourth-order valence-corrected chi connectivity index (χ4v) is 5.29. The van der Waals surface area contributed by atoms with Crippen molar-refractivity contribution in [2.45, 2.75) is 6.92 Å². The summed E-state index contributed by atoms with van der Waals surface area (Å²) in [4.78, 5) is 32.1. The van der Waals surface area contributed by atoms with Crippen molar-refractivity contribution in [3.05, 3.63) is 77.9 Å². The van der Waals surface area contributed by atoms with Gasteiger partial charge in [0, 0.05) is 69.4 Å². The van der Waals surface area contributed by atoms with Gasteiger partial charge in [-0.2, -0.15) is 0 Å². The molecule has 3 aromatic heterocycles. The molecule has 6 rings (SSSR count). The number of morpholine rings is 1. The second-order valence-electron chi connectivity index (χ2n) is 9.89. The third-order valence-electron chi connectivity index (χ3n) is 7.37. The van der Waals surface area contributed by atoms with Crippen LogP contribution in [-0.2, 0) is 4.74 Å². The zero-order valence-electron chi connectivity index (χ0n) is 22.1. The molecule has 2 saturated heterocycles. The third kappa shape index (κ3) is 5.12. The minimum Gasteiger partial charge on any atom is -0.378 e. The van der Waals surface area contributed by atoms with E-state index in [1.54, 1.807) is 41.8 Å². The summed E-state index contributed by atoms with van der Waals surface area (Å²) in [5, 5.41) is 3.57. The fraction of sp³-hybridized carbons (Fsp3) is 0.310. The number of hydrogen-bond acceptors (Lipinski definition) is 8. The number of halogens is 2. The zero-order chi connectivity index (χ0) is 27.6. The van der Waals surface area contributed by atoms with E-state index in [0.717, 1.165) is 30.4 Å². The van der Waals surface area contributed by atoms with Crippen LogP contribution in [0.1, 0.15) is 15.9 Å². The number of piperazine rings is 1. The lowest BCUT2D eigenvalue weighted by Gasteiger charge is -2.36. The summed E-state index contributed by atoms with van der Waals surface area (Å²) in [5.41, 5.74) is 3.61. The lowest BCUT2D eigenvalue weighted by atomic mass is 10.1. The Balaban J connectivity index is 1.31. The van der Waals surface area contributed by atoms with Crippen LogP contribution in [0.4, 0.5) is 31.7 Å². The Kier molecular flexibility index (Phi) is 7.12. The number of carbonyl (C=O) groups is 1. The van der Waals surface area contributed by atoms with Crippen molar-refractivity contribution in [2.24, 2.45) is 0 Å². The van der Waals surface area contributed by atoms with Gasteiger partial charge in [0.15, 0.2) is 0 Å². The van der Waals surface area contributed by atoms with E-state index >= 15 is 4.39 Å². The molecule has 0 spiro atoms. The molecule has 40 heavy (non-hydrogen) atoms. The maximum atomic E-state index is 15.2. The van der Waals surface area contributed by atoms with Gasteiger partial charge in [0.2, 0.25) is 0 Å². The number of nitrogens with one attached hydrogen (secondary N) is 1. The number of aromatic nitrogens is 3. The van der Waals surface area contributed by atoms with Crippen LogP contribution in [0.25, 0.3) is 10.9 Å². The first-order chi connectivity index (χ1) is 19.5. The fourth-order valence-electron chi connectivity index (χ4n) is 5.29. The highest BCUT2D eigenvalue weighted by molar-refractivity contribution is 5.98. The quantitative estimate of drug-likeness (QED) is 0.400. The monoisotopic (exact) mass is 545 g/mol. The Morgan fingerprint density at radius 1 is 0.950 bits per heavy atom. The van der Waals surface area contributed by atoms with Crippen LogP contribution in [-0.4, -0.2) is 78.2 Å². The topological polar surface area (TPSA) is 86.7 Å². The highest BCUT2D eigenvalue weighted by Gasteiger charge is 2.26. The predicted molar refractivity (Wildman–Crippen MR) is 149 cm³/mol. The maximum absolute atomic E-state index is 15.2. The van der Waals surface area contributed by atoms with Crippen molar-refractivity contribution in [3.8, 4) is 0 Å². The summed E-state index contributed by atoms with van der Waals surface area (Å²) >= 11 is 0. The standard InChI is InChI=1S/C29H29F2N7O2/c1-19-27(34-22-15-23(18-33-17-22)36-9-11-40-12-10-36)26-24(31)13-21(30)14-25(26)35-28(19)37-5-7-38(8-6-37)29(39)20-3-2-4-32-16-20/h2-4,13-18H,5-12H2,1H3,(H,34,35). The third-order valence-corrected chi connectivity index (χ3v) is 7.37. The number of fused-ring (bicyclic) bond motifs is 1. The molecule has 11 heteroatoms. The van der Waals surface area contributed by atoms with Gasteiger partial charge in [-0.25, -0.2) is 13.8 Å². The molecular weight excluding hydrogens is 516 g/mol. The Hall–Kier alpha value is -4.38. The van der Waals surface area contributed by atoms with E-state index in [1.807, 2.05) is 13.0 Å². The smallest absolute Gasteiger partial charge is 0.255 e. The zero-order valence-corrected chi connectivity index (χ0v) is 22.1. The summed E-state index contributed by atoms with van der Waals surface area (Å²) in [7, 11) is 0. The molecular formula is C29H29F2N7O2. The first-order valence-electron chi connectivity index (χ1n) is 13.3. The number of hydrogen-bond donors (Lipinski definition) is 1. The average Bonchev–Trinajstić information content (AvgIpc) is 2.99. The number of benzene rings is 1. The Labute approximate surface area is 230 Å². The van der Waals surface area contributed by atoms with Crippen LogP contribution in [0.15, 0.2) is 55.1 Å². The van der Waals surface area contributed by atoms with E-state index in [4.69, 9.17) is 9.72 Å². The molecule has 0 atom stereocenters. The van der Waals surface area contributed by atoms with Crippen LogP contribution < -0.4 is 15.1 Å². The Morgan fingerprint density at radius 3 is 2.50 bits per heavy atom. The lowest BCUT2D eigenvalue weighted by molar-refractivity contribution is 0.0746. The highest BCUT2D eigenvalue weighted by Crippen LogP contribution is 2.37. The number of carbonyl (C=O) groups excluding carboxylic acids is 1. The summed E-state index contributed by atoms with van der Waals surface area (Å²) in [6, 6.07) is 7.58. The largest absolute Gasteiger partial charge is 0.378 e. The Bertz CT molecular complexity index is 1540. The van der Waals surface area contributed by atoms with Crippen molar-refractivity contribution in [1.82, 2.24) is 19.9 Å². The molecule has 0 saturated carbocycles. The molecule has 4 aromatic rings. The van der Waals surface area contributed by atoms with E-state index in [-0.39, 0.29) is 16.8 Å². The number of rotatable bonds is 5. The molecule has 9 nitrogen and oxygen atoms in total. The molecule has 2 aliphatic heterocycles. The van der Waals surface area contributed by atoms with Crippen molar-refractivity contribution >= 4 is 39.7 Å². The second kappa shape index (κ2) is 11.0. The van der Waals surface area contributed by atoms with E-state index in [2.05, 4.69) is 25.1 Å². The van der Waals surface area contributed by atoms with Gasteiger partial charge in [0.1, 0.15) is 17.5 Å². The van der Waals surface area contributed by atoms with Gasteiger partial charge >= 0.3 is 0 Å². The van der Waals surface area contributed by atoms with E-state index < -0.39 is 11.6 Å². The number of amides is 1. The first kappa shape index (κ1) is 25.9. The van der Waals surface area contributed by atoms with Crippen molar-refractivity contribution in [2.75, 3.05) is 67.6 Å². The van der Waals surface area contributed by atoms with Crippen LogP contribution in [0.3, 0.4) is 0 Å². The minimum atomic E-state index is -0.693. The Morgan fingerprint density at radius 2 is 1.75 bits per heavy atom. The number of ether oxygens (including phenoxy) is 1. The molecule has 206 valence electrons. The van der Waals surface area contributed by atoms with Gasteiger partial charge in [-0.3, -0.25) is 14.8 Å². The van der Waals surface area contributed by atoms with Gasteiger partial charge in [-0.1, -0.05) is 0 Å². The van der Waals surface area contributed by atoms with Gasteiger partial charge in [-0.15, -0.1) is 0 Å². The van der Waals surface area contributed by atoms with Crippen molar-refractivity contribution in [3.63, 3.8) is 0 Å². The van der Waals surface area contributed by atoms with E-state index in [0.29, 0.717) is 62.1 Å². The molecule has 2 fully saturated rings. The summed E-state index contributed by atoms with van der Waals surface area (Å²) in [6.45, 7) is 6.70. The average molecular weight is 546 g/mol. The molecule has 1 amide bonds.